The van der Waals surface area contributed by atoms with Crippen molar-refractivity contribution in [1.29, 1.82) is 0 Å². The van der Waals surface area contributed by atoms with Crippen LogP contribution in [0, 0.1) is 5.82 Å². The van der Waals surface area contributed by atoms with Gasteiger partial charge < -0.3 is 10.2 Å². The molecule has 6 nitrogen and oxygen atoms in total. The zero-order chi connectivity index (χ0) is 24.6. The molecule has 34 heavy (non-hydrogen) atoms. The number of aromatic nitrogens is 1. The summed E-state index contributed by atoms with van der Waals surface area (Å²) in [5.41, 5.74) is 4.00. The number of pyridine rings is 1. The van der Waals surface area contributed by atoms with Crippen molar-refractivity contribution in [3.05, 3.63) is 77.2 Å². The molecule has 2 aromatic carbocycles. The van der Waals surface area contributed by atoms with Crippen LogP contribution < -0.4 is 0 Å². The van der Waals surface area contributed by atoms with E-state index in [2.05, 4.69) is 4.98 Å². The number of aliphatic hydroxyl groups excluding tert-OH is 1. The molecule has 0 fully saturated rings. The van der Waals surface area contributed by atoms with Gasteiger partial charge >= 0.3 is 5.97 Å². The van der Waals surface area contributed by atoms with E-state index < -0.39 is 21.7 Å². The molecule has 0 unspecified atom stereocenters. The number of carbonyl (C=O) groups is 1. The molecule has 1 aromatic heterocycles. The number of benzene rings is 2. The van der Waals surface area contributed by atoms with E-state index in [9.17, 15) is 23.6 Å². The number of carboxylic acids is 1. The van der Waals surface area contributed by atoms with Crippen LogP contribution >= 0.6 is 0 Å². The van der Waals surface area contributed by atoms with Crippen LogP contribution in [0.25, 0.3) is 22.4 Å². The van der Waals surface area contributed by atoms with Crippen LogP contribution in [0.4, 0.5) is 4.39 Å². The topological polar surface area (TPSA) is 90.7 Å². The summed E-state index contributed by atoms with van der Waals surface area (Å²) in [6.07, 6.45) is 0.333. The van der Waals surface area contributed by atoms with Crippen molar-refractivity contribution in [2.24, 2.45) is 0 Å². The monoisotopic (exact) mass is 482 g/mol. The van der Waals surface area contributed by atoms with Crippen LogP contribution in [0.5, 0.6) is 0 Å². The van der Waals surface area contributed by atoms with Gasteiger partial charge in [-0.1, -0.05) is 30.3 Å². The number of nitrogens with zero attached hydrogens (tertiary/aromatic N) is 2. The molecule has 0 saturated carbocycles. The van der Waals surface area contributed by atoms with Gasteiger partial charge in [0.05, 0.1) is 16.5 Å². The minimum absolute atomic E-state index is 0.101. The Morgan fingerprint density at radius 1 is 1.12 bits per heavy atom. The summed E-state index contributed by atoms with van der Waals surface area (Å²) < 4.78 is 28.4. The van der Waals surface area contributed by atoms with Crippen molar-refractivity contribution in [3.8, 4) is 22.4 Å². The van der Waals surface area contributed by atoms with Gasteiger partial charge in [-0.2, -0.15) is 0 Å². The summed E-state index contributed by atoms with van der Waals surface area (Å²) in [6, 6.07) is 14.7. The van der Waals surface area contributed by atoms with E-state index in [4.69, 9.17) is 0 Å². The van der Waals surface area contributed by atoms with Gasteiger partial charge in [-0.25, -0.2) is 22.7 Å². The molecule has 0 bridgehead atoms. The first kappa shape index (κ1) is 24.2. The lowest BCUT2D eigenvalue weighted by Crippen LogP contribution is -2.36. The predicted molar refractivity (Wildman–Crippen MR) is 130 cm³/mol. The van der Waals surface area contributed by atoms with Gasteiger partial charge in [-0.05, 0) is 68.1 Å². The van der Waals surface area contributed by atoms with Gasteiger partial charge in [0.15, 0.2) is 0 Å². The molecule has 8 heteroatoms. The molecule has 1 aliphatic rings. The third-order valence-corrected chi connectivity index (χ3v) is 7.66. The molecule has 0 spiro atoms. The predicted octanol–water partition coefficient (Wildman–Crippen LogP) is 4.95. The van der Waals surface area contributed by atoms with Crippen molar-refractivity contribution in [2.75, 3.05) is 6.61 Å². The second-order valence-electron chi connectivity index (χ2n) is 9.29. The number of aliphatic hydroxyl groups is 1. The highest BCUT2D eigenvalue weighted by Crippen LogP contribution is 2.44. The van der Waals surface area contributed by atoms with E-state index in [1.807, 2.05) is 49.3 Å². The smallest absolute Gasteiger partial charge is 0.354 e. The molecule has 0 amide bonds. The number of carboxylic acid groups (broad SMARTS) is 1. The normalized spacial score (nSPS) is 16.9. The molecule has 3 aromatic rings. The summed E-state index contributed by atoms with van der Waals surface area (Å²) in [5, 5.41) is 19.5. The molecule has 0 saturated heterocycles. The minimum atomic E-state index is -1.38. The number of hydrogen-bond donors (Lipinski definition) is 2. The van der Waals surface area contributed by atoms with Crippen LogP contribution in [0.2, 0.25) is 0 Å². The Morgan fingerprint density at radius 2 is 1.76 bits per heavy atom. The van der Waals surface area contributed by atoms with Crippen molar-refractivity contribution >= 4 is 17.0 Å². The van der Waals surface area contributed by atoms with Crippen LogP contribution in [-0.2, 0) is 17.5 Å². The quantitative estimate of drug-likeness (QED) is 0.519. The van der Waals surface area contributed by atoms with Gasteiger partial charge in [-0.3, -0.25) is 0 Å². The highest BCUT2D eigenvalue weighted by molar-refractivity contribution is 7.84. The van der Waals surface area contributed by atoms with E-state index >= 15 is 0 Å². The highest BCUT2D eigenvalue weighted by Gasteiger charge is 2.40. The molecular formula is C26H27FN2O4S. The average molecular weight is 483 g/mol. The Labute approximate surface area is 200 Å². The molecule has 2 heterocycles. The van der Waals surface area contributed by atoms with Crippen LogP contribution in [0.15, 0.2) is 54.6 Å². The summed E-state index contributed by atoms with van der Waals surface area (Å²) in [7, 11) is -1.38. The Hall–Kier alpha value is -2.94. The molecule has 178 valence electrons. The maximum atomic E-state index is 13.8. The number of hydrogen-bond acceptors (Lipinski definition) is 4. The second kappa shape index (κ2) is 9.37. The number of halogens is 1. The molecule has 4 rings (SSSR count). The third-order valence-electron chi connectivity index (χ3n) is 5.80. The fourth-order valence-electron chi connectivity index (χ4n) is 4.31. The van der Waals surface area contributed by atoms with Gasteiger partial charge in [-0.15, -0.1) is 0 Å². The first-order valence-electron chi connectivity index (χ1n) is 11.0. The van der Waals surface area contributed by atoms with Crippen molar-refractivity contribution in [1.82, 2.24) is 9.29 Å². The zero-order valence-corrected chi connectivity index (χ0v) is 20.1. The van der Waals surface area contributed by atoms with E-state index in [1.54, 1.807) is 12.1 Å². The maximum Gasteiger partial charge on any atom is 0.354 e. The molecule has 0 radical (unpaired) electrons. The van der Waals surface area contributed by atoms with Gasteiger partial charge in [0.2, 0.25) is 0 Å². The van der Waals surface area contributed by atoms with Crippen molar-refractivity contribution < 1.29 is 23.6 Å². The second-order valence-corrected chi connectivity index (χ2v) is 11.5. The van der Waals surface area contributed by atoms with Crippen LogP contribution in [-0.4, -0.2) is 41.0 Å². The summed E-state index contributed by atoms with van der Waals surface area (Å²) >= 11 is 0. The Morgan fingerprint density at radius 3 is 2.38 bits per heavy atom. The van der Waals surface area contributed by atoms with Crippen molar-refractivity contribution in [2.45, 2.75) is 44.5 Å². The van der Waals surface area contributed by atoms with E-state index in [1.165, 1.54) is 18.2 Å². The van der Waals surface area contributed by atoms with Gasteiger partial charge in [0.1, 0.15) is 22.5 Å². The van der Waals surface area contributed by atoms with E-state index in [-0.39, 0.29) is 24.2 Å². The van der Waals surface area contributed by atoms with Gasteiger partial charge in [0, 0.05) is 24.3 Å². The largest absolute Gasteiger partial charge is 0.477 e. The number of fused-ring (bicyclic) bond motifs is 1. The van der Waals surface area contributed by atoms with E-state index in [0.29, 0.717) is 29.8 Å². The molecule has 0 aliphatic carbocycles. The molecule has 2 atom stereocenters. The van der Waals surface area contributed by atoms with Crippen LogP contribution in [0.3, 0.4) is 0 Å². The number of aromatic carboxylic acids is 1. The SMILES string of the molecule is CC(C)(C)[S@@](=O)N1Cc2cc(C(=O)O)nc(-c3cccc(-c4cccc(F)c4)c3)c2[C@H]1CCO. The zero-order valence-electron chi connectivity index (χ0n) is 19.3. The van der Waals surface area contributed by atoms with Crippen molar-refractivity contribution in [3.63, 3.8) is 0 Å². The lowest BCUT2D eigenvalue weighted by Gasteiger charge is -2.30. The summed E-state index contributed by atoms with van der Waals surface area (Å²) in [4.78, 5) is 16.3. The Kier molecular flexibility index (Phi) is 6.66. The average Bonchev–Trinajstić information content (AvgIpc) is 3.16. The molecule has 1 aliphatic heterocycles. The fraction of sp³-hybridized carbons (Fsp3) is 0.308. The first-order valence-corrected chi connectivity index (χ1v) is 12.1. The fourth-order valence-corrected chi connectivity index (χ4v) is 5.71. The lowest BCUT2D eigenvalue weighted by atomic mass is 9.94. The first-order chi connectivity index (χ1) is 16.1. The molecular weight excluding hydrogens is 455 g/mol. The number of rotatable bonds is 6. The highest BCUT2D eigenvalue weighted by atomic mass is 32.2. The van der Waals surface area contributed by atoms with Gasteiger partial charge in [0.25, 0.3) is 0 Å². The molecule has 2 N–H and O–H groups in total. The Balaban J connectivity index is 1.90. The Bertz CT molecular complexity index is 1270. The van der Waals surface area contributed by atoms with Crippen LogP contribution in [0.1, 0.15) is 54.8 Å². The summed E-state index contributed by atoms with van der Waals surface area (Å²) in [5.74, 6) is -1.50. The van der Waals surface area contributed by atoms with E-state index in [0.717, 1.165) is 16.7 Å². The minimum Gasteiger partial charge on any atom is -0.477 e. The maximum absolute atomic E-state index is 13.8. The standard InChI is InChI=1S/C26H27FN2O4S/c1-26(2,3)34(33)29-15-19-14-21(25(31)32)28-24(23(19)22(29)10-11-30)18-8-4-6-16(12-18)17-7-5-9-20(27)13-17/h4-9,12-14,22,30H,10-11,15H2,1-3H3,(H,31,32)/t22-,34-/m1/s1. The summed E-state index contributed by atoms with van der Waals surface area (Å²) in [6.45, 7) is 5.82. The third kappa shape index (κ3) is 4.66. The lowest BCUT2D eigenvalue weighted by molar-refractivity contribution is 0.0690.